The van der Waals surface area contributed by atoms with Crippen LogP contribution in [0.4, 0.5) is 0 Å². The molecule has 37 heavy (non-hydrogen) atoms. The Morgan fingerprint density at radius 1 is 1.05 bits per heavy atom. The minimum absolute atomic E-state index is 0.0814. The summed E-state index contributed by atoms with van der Waals surface area (Å²) < 4.78 is 7.56. The fourth-order valence-corrected chi connectivity index (χ4v) is 5.44. The van der Waals surface area contributed by atoms with Gasteiger partial charge in [0.15, 0.2) is 0 Å². The molecule has 1 saturated carbocycles. The molecule has 1 aromatic carbocycles. The van der Waals surface area contributed by atoms with E-state index in [1.54, 1.807) is 11.8 Å². The van der Waals surface area contributed by atoms with E-state index in [-0.39, 0.29) is 5.91 Å². The average molecular weight is 504 g/mol. The lowest BCUT2D eigenvalue weighted by atomic mass is 9.92. The van der Waals surface area contributed by atoms with Crippen molar-refractivity contribution in [1.29, 1.82) is 0 Å². The first-order valence-corrected chi connectivity index (χ1v) is 13.8. The first kappa shape index (κ1) is 25.7. The van der Waals surface area contributed by atoms with E-state index in [0.717, 1.165) is 75.4 Å². The summed E-state index contributed by atoms with van der Waals surface area (Å²) in [7, 11) is 5.79. The van der Waals surface area contributed by atoms with Gasteiger partial charge in [0.1, 0.15) is 11.5 Å². The fraction of sp³-hybridized carbons (Fsp3) is 0.533. The summed E-state index contributed by atoms with van der Waals surface area (Å²) in [6.45, 7) is 6.10. The maximum absolute atomic E-state index is 12.9. The predicted octanol–water partition coefficient (Wildman–Crippen LogP) is 4.03. The Bertz CT molecular complexity index is 1150. The second kappa shape index (κ2) is 11.7. The molecule has 3 aliphatic rings. The Balaban J connectivity index is 1.15. The lowest BCUT2D eigenvalue weighted by Gasteiger charge is -2.32. The molecule has 0 spiro atoms. The molecule has 2 aromatic rings. The number of nitrogens with one attached hydrogen (secondary N) is 1. The zero-order valence-corrected chi connectivity index (χ0v) is 22.6. The Labute approximate surface area is 221 Å². The number of aromatic nitrogens is 2. The van der Waals surface area contributed by atoms with Gasteiger partial charge < -0.3 is 15.0 Å². The Morgan fingerprint density at radius 3 is 2.49 bits per heavy atom. The lowest BCUT2D eigenvalue weighted by Crippen LogP contribution is -2.43. The number of likely N-dealkylation sites (N-methyl/N-ethyl adjacent to an activating group) is 1. The van der Waals surface area contributed by atoms with Crippen LogP contribution in [-0.2, 0) is 24.8 Å². The highest BCUT2D eigenvalue weighted by Gasteiger charge is 2.28. The maximum Gasteiger partial charge on any atom is 0.269 e. The van der Waals surface area contributed by atoms with E-state index >= 15 is 0 Å². The number of carbonyl (C=O) groups is 1. The molecule has 2 fully saturated rings. The van der Waals surface area contributed by atoms with Gasteiger partial charge in [-0.05, 0) is 68.3 Å². The third kappa shape index (κ3) is 6.51. The summed E-state index contributed by atoms with van der Waals surface area (Å²) >= 11 is 0. The molecule has 0 bridgehead atoms. The summed E-state index contributed by atoms with van der Waals surface area (Å²) in [6, 6.07) is 11.1. The third-order valence-corrected chi connectivity index (χ3v) is 7.96. The number of benzene rings is 1. The largest absolute Gasteiger partial charge is 0.496 e. The van der Waals surface area contributed by atoms with Crippen LogP contribution in [0, 0.1) is 0 Å². The molecule has 7 heteroatoms. The summed E-state index contributed by atoms with van der Waals surface area (Å²) in [5, 5.41) is 7.62. The Hall–Kier alpha value is -2.90. The van der Waals surface area contributed by atoms with Crippen molar-refractivity contribution in [1.82, 2.24) is 24.9 Å². The SMILES string of the molecule is COC1=C(CCc2ccc(CN3CCN(C)CC3)cc2)CCC=C1CNC(=O)c1cc(C2CC2)nn1C. The molecule has 5 rings (SSSR count). The number of piperazine rings is 1. The van der Waals surface area contributed by atoms with Crippen LogP contribution in [0.1, 0.15) is 65.3 Å². The topological polar surface area (TPSA) is 62.6 Å². The van der Waals surface area contributed by atoms with Crippen LogP contribution in [0.15, 0.2) is 53.3 Å². The quantitative estimate of drug-likeness (QED) is 0.531. The molecule has 0 unspecified atom stereocenters. The van der Waals surface area contributed by atoms with Crippen molar-refractivity contribution in [3.63, 3.8) is 0 Å². The number of nitrogens with zero attached hydrogens (tertiary/aromatic N) is 4. The van der Waals surface area contributed by atoms with Gasteiger partial charge in [-0.3, -0.25) is 14.4 Å². The number of amides is 1. The van der Waals surface area contributed by atoms with Crippen molar-refractivity contribution in [2.75, 3.05) is 46.9 Å². The van der Waals surface area contributed by atoms with Gasteiger partial charge >= 0.3 is 0 Å². The zero-order chi connectivity index (χ0) is 25.8. The van der Waals surface area contributed by atoms with Crippen molar-refractivity contribution < 1.29 is 9.53 Å². The van der Waals surface area contributed by atoms with Gasteiger partial charge in [-0.25, -0.2) is 0 Å². The average Bonchev–Trinajstić information content (AvgIpc) is 3.69. The number of allylic oxidation sites excluding steroid dienone is 2. The highest BCUT2D eigenvalue weighted by atomic mass is 16.5. The molecule has 1 N–H and O–H groups in total. The first-order valence-electron chi connectivity index (χ1n) is 13.8. The van der Waals surface area contributed by atoms with Crippen LogP contribution in [0.25, 0.3) is 0 Å². The van der Waals surface area contributed by atoms with Crippen LogP contribution < -0.4 is 5.32 Å². The lowest BCUT2D eigenvalue weighted by molar-refractivity contribution is 0.0947. The monoisotopic (exact) mass is 503 g/mol. The van der Waals surface area contributed by atoms with E-state index in [1.807, 2.05) is 13.1 Å². The van der Waals surface area contributed by atoms with Crippen molar-refractivity contribution in [3.8, 4) is 0 Å². The molecule has 198 valence electrons. The van der Waals surface area contributed by atoms with Gasteiger partial charge in [0, 0.05) is 57.8 Å². The van der Waals surface area contributed by atoms with Crippen LogP contribution in [0.3, 0.4) is 0 Å². The van der Waals surface area contributed by atoms with Gasteiger partial charge in [-0.2, -0.15) is 5.10 Å². The minimum Gasteiger partial charge on any atom is -0.496 e. The summed E-state index contributed by atoms with van der Waals surface area (Å²) in [6.07, 6.45) is 8.51. The predicted molar refractivity (Wildman–Crippen MR) is 146 cm³/mol. The van der Waals surface area contributed by atoms with Crippen molar-refractivity contribution in [2.24, 2.45) is 7.05 Å². The van der Waals surface area contributed by atoms with E-state index in [4.69, 9.17) is 4.74 Å². The zero-order valence-electron chi connectivity index (χ0n) is 22.6. The van der Waals surface area contributed by atoms with Crippen molar-refractivity contribution in [2.45, 2.75) is 51.0 Å². The molecule has 1 aliphatic heterocycles. The summed E-state index contributed by atoms with van der Waals surface area (Å²) in [4.78, 5) is 17.8. The minimum atomic E-state index is -0.0814. The van der Waals surface area contributed by atoms with Gasteiger partial charge in [0.05, 0.1) is 12.8 Å². The maximum atomic E-state index is 12.9. The highest BCUT2D eigenvalue weighted by molar-refractivity contribution is 5.92. The van der Waals surface area contributed by atoms with Crippen LogP contribution in [0.2, 0.25) is 0 Å². The summed E-state index contributed by atoms with van der Waals surface area (Å²) in [5.41, 5.74) is 6.82. The number of methoxy groups -OCH3 is 1. The second-order valence-electron chi connectivity index (χ2n) is 10.8. The molecule has 1 aromatic heterocycles. The van der Waals surface area contributed by atoms with Gasteiger partial charge in [0.2, 0.25) is 0 Å². The van der Waals surface area contributed by atoms with E-state index in [0.29, 0.717) is 18.2 Å². The normalized spacial score (nSPS) is 19.2. The molecule has 2 heterocycles. The van der Waals surface area contributed by atoms with Crippen molar-refractivity contribution in [3.05, 3.63) is 75.8 Å². The smallest absolute Gasteiger partial charge is 0.269 e. The molecular weight excluding hydrogens is 462 g/mol. The number of carbonyl (C=O) groups excluding carboxylic acids is 1. The fourth-order valence-electron chi connectivity index (χ4n) is 5.44. The van der Waals surface area contributed by atoms with Crippen LogP contribution >= 0.6 is 0 Å². The Kier molecular flexibility index (Phi) is 8.11. The van der Waals surface area contributed by atoms with E-state index in [2.05, 4.69) is 57.6 Å². The van der Waals surface area contributed by atoms with Crippen LogP contribution in [-0.4, -0.2) is 72.4 Å². The molecule has 2 aliphatic carbocycles. The molecule has 0 radical (unpaired) electrons. The van der Waals surface area contributed by atoms with Crippen LogP contribution in [0.5, 0.6) is 0 Å². The molecule has 0 atom stereocenters. The van der Waals surface area contributed by atoms with E-state index < -0.39 is 0 Å². The first-order chi connectivity index (χ1) is 18.0. The highest BCUT2D eigenvalue weighted by Crippen LogP contribution is 2.39. The second-order valence-corrected chi connectivity index (χ2v) is 10.8. The standard InChI is InChI=1S/C30H41N5O2/c1-33-15-17-35(18-16-33)21-23-9-7-22(8-10-23)11-12-25-5-4-6-26(29(25)37-3)20-31-30(36)28-19-27(24-13-14-24)32-34(28)2/h6-10,19,24H,4-5,11-18,20-21H2,1-3H3,(H,31,36). The molecule has 7 nitrogen and oxygen atoms in total. The van der Waals surface area contributed by atoms with E-state index in [1.165, 1.54) is 29.5 Å². The molecular formula is C30H41N5O2. The van der Waals surface area contributed by atoms with Gasteiger partial charge in [-0.1, -0.05) is 30.3 Å². The van der Waals surface area contributed by atoms with Gasteiger partial charge in [0.25, 0.3) is 5.91 Å². The van der Waals surface area contributed by atoms with Gasteiger partial charge in [-0.15, -0.1) is 0 Å². The third-order valence-electron chi connectivity index (χ3n) is 7.96. The number of rotatable bonds is 10. The number of aryl methyl sites for hydroxylation is 2. The molecule has 1 amide bonds. The number of ether oxygens (including phenoxy) is 1. The van der Waals surface area contributed by atoms with E-state index in [9.17, 15) is 4.79 Å². The molecule has 1 saturated heterocycles. The number of hydrogen-bond donors (Lipinski definition) is 1. The van der Waals surface area contributed by atoms with Crippen molar-refractivity contribution >= 4 is 5.91 Å². The number of hydrogen-bond acceptors (Lipinski definition) is 5. The summed E-state index contributed by atoms with van der Waals surface area (Å²) in [5.74, 6) is 1.40. The Morgan fingerprint density at radius 2 is 1.78 bits per heavy atom.